The van der Waals surface area contributed by atoms with Gasteiger partial charge in [-0.15, -0.1) is 5.10 Å². The normalized spacial score (nSPS) is 17.9. The summed E-state index contributed by atoms with van der Waals surface area (Å²) in [4.78, 5) is 27.6. The summed E-state index contributed by atoms with van der Waals surface area (Å²) in [5, 5.41) is 18.9. The standard InChI is InChI=1S/C33H36N4O3/c1-21-17-23-7-5-3-4-6-15-37-30-13-12-28(22(2)32(30)34-35-37)29(19-31(38)39)25-10-9-24-14-16-36(20-26(24)18-25)33(40)27(21)11-8-23/h8-13,17-18,29H,3-7,14-16,19-20H2,1-2H3,(H,38,39). The molecule has 9 rings (SSSR count). The summed E-state index contributed by atoms with van der Waals surface area (Å²) < 4.78 is 1.98. The van der Waals surface area contributed by atoms with E-state index in [1.54, 1.807) is 0 Å². The van der Waals surface area contributed by atoms with Crippen molar-refractivity contribution in [3.8, 4) is 0 Å². The molecule has 1 unspecified atom stereocenters. The van der Waals surface area contributed by atoms with E-state index in [4.69, 9.17) is 0 Å². The number of carboxylic acid groups (broad SMARTS) is 1. The Morgan fingerprint density at radius 3 is 2.62 bits per heavy atom. The average Bonchev–Trinajstić information content (AvgIpc) is 3.36. The van der Waals surface area contributed by atoms with E-state index in [1.165, 1.54) is 11.1 Å². The molecule has 7 heteroatoms. The molecule has 206 valence electrons. The maximum atomic E-state index is 13.6. The van der Waals surface area contributed by atoms with E-state index in [2.05, 4.69) is 46.7 Å². The van der Waals surface area contributed by atoms with Crippen molar-refractivity contribution in [3.05, 3.63) is 93.0 Å². The van der Waals surface area contributed by atoms with Crippen LogP contribution in [-0.4, -0.2) is 43.4 Å². The number of carbonyl (C=O) groups is 2. The van der Waals surface area contributed by atoms with Crippen molar-refractivity contribution in [3.63, 3.8) is 0 Å². The van der Waals surface area contributed by atoms with E-state index in [1.807, 2.05) is 35.6 Å². The van der Waals surface area contributed by atoms with Gasteiger partial charge in [-0.05, 0) is 90.6 Å². The minimum absolute atomic E-state index is 0.0204. The lowest BCUT2D eigenvalue weighted by atomic mass is 9.83. The third-order valence-electron chi connectivity index (χ3n) is 8.78. The number of hydrogen-bond acceptors (Lipinski definition) is 4. The second kappa shape index (κ2) is 10.9. The van der Waals surface area contributed by atoms with E-state index in [0.29, 0.717) is 13.1 Å². The third-order valence-corrected chi connectivity index (χ3v) is 8.78. The van der Waals surface area contributed by atoms with Crippen LogP contribution in [0.1, 0.15) is 87.3 Å². The fourth-order valence-corrected chi connectivity index (χ4v) is 6.51. The van der Waals surface area contributed by atoms with Crippen molar-refractivity contribution >= 4 is 22.9 Å². The van der Waals surface area contributed by atoms with Crippen LogP contribution < -0.4 is 0 Å². The lowest BCUT2D eigenvalue weighted by Crippen LogP contribution is -2.36. The summed E-state index contributed by atoms with van der Waals surface area (Å²) in [6.45, 7) is 6.07. The molecule has 4 aromatic rings. The first-order valence-electron chi connectivity index (χ1n) is 14.4. The summed E-state index contributed by atoms with van der Waals surface area (Å²) in [6, 6.07) is 16.7. The first kappa shape index (κ1) is 26.2. The third kappa shape index (κ3) is 5.01. The summed E-state index contributed by atoms with van der Waals surface area (Å²) in [5.74, 6) is -1.10. The van der Waals surface area contributed by atoms with Gasteiger partial charge in [-0.3, -0.25) is 9.59 Å². The van der Waals surface area contributed by atoms with Crippen molar-refractivity contribution in [2.75, 3.05) is 6.54 Å². The molecule has 0 radical (unpaired) electrons. The summed E-state index contributed by atoms with van der Waals surface area (Å²) in [6.07, 6.45) is 6.18. The van der Waals surface area contributed by atoms with Gasteiger partial charge in [0.1, 0.15) is 5.52 Å². The van der Waals surface area contributed by atoms with Gasteiger partial charge in [0, 0.05) is 31.1 Å². The van der Waals surface area contributed by atoms with Crippen LogP contribution in [0.2, 0.25) is 0 Å². The number of hydrogen-bond donors (Lipinski definition) is 1. The SMILES string of the molecule is Cc1cc2ccc1C(=O)N1CCc3ccc(cc3C1)C(CC(=O)O)c1ccc3c(nnn3CCCCCC2)c1C. The number of aromatic nitrogens is 3. The zero-order valence-electron chi connectivity index (χ0n) is 23.3. The highest BCUT2D eigenvalue weighted by Gasteiger charge is 2.27. The van der Waals surface area contributed by atoms with Crippen LogP contribution in [-0.2, 0) is 30.7 Å². The molecule has 1 atom stereocenters. The first-order valence-corrected chi connectivity index (χ1v) is 14.4. The number of carbonyl (C=O) groups excluding carboxylic acids is 1. The van der Waals surface area contributed by atoms with Gasteiger partial charge in [-0.2, -0.15) is 0 Å². The number of carboxylic acids is 1. The summed E-state index contributed by atoms with van der Waals surface area (Å²) in [5.41, 5.74) is 10.1. The van der Waals surface area contributed by atoms with E-state index in [-0.39, 0.29) is 18.2 Å². The minimum Gasteiger partial charge on any atom is -0.481 e. The zero-order chi connectivity index (χ0) is 27.8. The molecule has 3 aromatic carbocycles. The average molecular weight is 537 g/mol. The van der Waals surface area contributed by atoms with Gasteiger partial charge in [0.2, 0.25) is 0 Å². The molecule has 0 aliphatic carbocycles. The predicted octanol–water partition coefficient (Wildman–Crippen LogP) is 5.97. The quantitative estimate of drug-likeness (QED) is 0.341. The minimum atomic E-state index is -0.844. The van der Waals surface area contributed by atoms with Gasteiger partial charge < -0.3 is 10.0 Å². The largest absolute Gasteiger partial charge is 0.481 e. The molecule has 7 nitrogen and oxygen atoms in total. The van der Waals surface area contributed by atoms with Gasteiger partial charge in [0.25, 0.3) is 5.91 Å². The molecule has 9 bridgehead atoms. The summed E-state index contributed by atoms with van der Waals surface area (Å²) in [7, 11) is 0. The molecule has 1 amide bonds. The predicted molar refractivity (Wildman–Crippen MR) is 155 cm³/mol. The fraction of sp³-hybridized carbons (Fsp3) is 0.394. The lowest BCUT2D eigenvalue weighted by Gasteiger charge is -2.30. The Morgan fingerprint density at radius 1 is 0.950 bits per heavy atom. The highest BCUT2D eigenvalue weighted by atomic mass is 16.4. The number of nitrogens with zero attached hydrogens (tertiary/aromatic N) is 4. The zero-order valence-corrected chi connectivity index (χ0v) is 23.3. The van der Waals surface area contributed by atoms with Crippen LogP contribution in [0.5, 0.6) is 0 Å². The molecule has 1 N–H and O–H groups in total. The smallest absolute Gasteiger partial charge is 0.304 e. The van der Waals surface area contributed by atoms with Crippen molar-refractivity contribution < 1.29 is 14.7 Å². The number of aryl methyl sites for hydroxylation is 4. The topological polar surface area (TPSA) is 88.3 Å². The Balaban J connectivity index is 1.42. The highest BCUT2D eigenvalue weighted by Crippen LogP contribution is 2.35. The molecule has 0 fully saturated rings. The maximum absolute atomic E-state index is 13.6. The second-order valence-electron chi connectivity index (χ2n) is 11.4. The number of amides is 1. The number of rotatable bonds is 2. The monoisotopic (exact) mass is 536 g/mol. The van der Waals surface area contributed by atoms with Crippen LogP contribution in [0.4, 0.5) is 0 Å². The van der Waals surface area contributed by atoms with Crippen molar-refractivity contribution in [2.45, 2.75) is 77.8 Å². The molecule has 0 saturated heterocycles. The van der Waals surface area contributed by atoms with Crippen molar-refractivity contribution in [1.82, 2.24) is 19.9 Å². The molecule has 5 aliphatic rings. The summed E-state index contributed by atoms with van der Waals surface area (Å²) >= 11 is 0. The highest BCUT2D eigenvalue weighted by molar-refractivity contribution is 5.96. The Kier molecular flexibility index (Phi) is 7.13. The number of benzene rings is 3. The fourth-order valence-electron chi connectivity index (χ4n) is 6.51. The van der Waals surface area contributed by atoms with Gasteiger partial charge in [0.15, 0.2) is 0 Å². The molecule has 0 spiro atoms. The van der Waals surface area contributed by atoms with Gasteiger partial charge >= 0.3 is 5.97 Å². The molecule has 1 aromatic heterocycles. The van der Waals surface area contributed by atoms with Crippen LogP contribution >= 0.6 is 0 Å². The van der Waals surface area contributed by atoms with Crippen LogP contribution in [0, 0.1) is 13.8 Å². The molecule has 5 aliphatic heterocycles. The first-order chi connectivity index (χ1) is 19.4. The Bertz CT molecular complexity index is 1610. The Labute approximate surface area is 234 Å². The van der Waals surface area contributed by atoms with E-state index < -0.39 is 5.97 Å². The Hall–Kier alpha value is -4.00. The number of aliphatic carboxylic acids is 1. The Morgan fingerprint density at radius 2 is 1.80 bits per heavy atom. The van der Waals surface area contributed by atoms with Crippen molar-refractivity contribution in [2.24, 2.45) is 0 Å². The van der Waals surface area contributed by atoms with Gasteiger partial charge in [-0.25, -0.2) is 4.68 Å². The van der Waals surface area contributed by atoms with E-state index in [9.17, 15) is 14.7 Å². The lowest BCUT2D eigenvalue weighted by molar-refractivity contribution is -0.137. The van der Waals surface area contributed by atoms with Crippen LogP contribution in [0.3, 0.4) is 0 Å². The van der Waals surface area contributed by atoms with Crippen LogP contribution in [0.25, 0.3) is 11.0 Å². The maximum Gasteiger partial charge on any atom is 0.304 e. The molecular weight excluding hydrogens is 500 g/mol. The van der Waals surface area contributed by atoms with E-state index in [0.717, 1.165) is 89.5 Å². The molecular formula is C33H36N4O3. The second-order valence-corrected chi connectivity index (χ2v) is 11.4. The van der Waals surface area contributed by atoms with Crippen molar-refractivity contribution in [1.29, 1.82) is 0 Å². The molecule has 40 heavy (non-hydrogen) atoms. The molecule has 0 saturated carbocycles. The van der Waals surface area contributed by atoms with E-state index >= 15 is 0 Å². The van der Waals surface area contributed by atoms with Gasteiger partial charge in [-0.1, -0.05) is 54.5 Å². The van der Waals surface area contributed by atoms with Gasteiger partial charge in [0.05, 0.1) is 11.9 Å². The molecule has 6 heterocycles. The van der Waals surface area contributed by atoms with Crippen LogP contribution in [0.15, 0.2) is 48.5 Å².